The molecule has 0 spiro atoms. The average Bonchev–Trinajstić information content (AvgIpc) is 2.92. The highest BCUT2D eigenvalue weighted by Gasteiger charge is 2.13. The Morgan fingerprint density at radius 1 is 0.792 bits per heavy atom. The number of benzene rings is 3. The molecule has 1 aromatic heterocycles. The molecule has 1 heterocycles. The van der Waals surface area contributed by atoms with E-state index in [4.69, 9.17) is 0 Å². The lowest BCUT2D eigenvalue weighted by Crippen LogP contribution is -2.08. The number of fused-ring (bicyclic) bond motifs is 3. The molecule has 4 rings (SSSR count). The summed E-state index contributed by atoms with van der Waals surface area (Å²) in [7, 11) is 0. The standard InChI is InChI=1S/C23H22S/c1-23(2,3)15-16-8-6-9-17(14-16)18-11-7-13-21-22(18)19-10-4-5-12-20(19)24-21/h4-14H,15H2,1-3H3. The van der Waals surface area contributed by atoms with Crippen molar-refractivity contribution in [1.29, 1.82) is 0 Å². The normalized spacial score (nSPS) is 12.1. The van der Waals surface area contributed by atoms with E-state index in [0.29, 0.717) is 5.41 Å². The predicted molar refractivity (Wildman–Crippen MR) is 108 cm³/mol. The van der Waals surface area contributed by atoms with Crippen molar-refractivity contribution in [1.82, 2.24) is 0 Å². The van der Waals surface area contributed by atoms with E-state index in [2.05, 4.69) is 87.5 Å². The van der Waals surface area contributed by atoms with Gasteiger partial charge in [-0.25, -0.2) is 0 Å². The lowest BCUT2D eigenvalue weighted by molar-refractivity contribution is 0.411. The van der Waals surface area contributed by atoms with E-state index in [9.17, 15) is 0 Å². The van der Waals surface area contributed by atoms with Crippen LogP contribution in [-0.4, -0.2) is 0 Å². The van der Waals surface area contributed by atoms with Gasteiger partial charge in [-0.15, -0.1) is 11.3 Å². The molecule has 1 heteroatoms. The van der Waals surface area contributed by atoms with Crippen molar-refractivity contribution in [2.75, 3.05) is 0 Å². The highest BCUT2D eigenvalue weighted by atomic mass is 32.1. The molecule has 0 N–H and O–H groups in total. The van der Waals surface area contributed by atoms with E-state index in [-0.39, 0.29) is 0 Å². The van der Waals surface area contributed by atoms with Gasteiger partial charge in [-0.2, -0.15) is 0 Å². The van der Waals surface area contributed by atoms with E-state index in [1.807, 2.05) is 11.3 Å². The summed E-state index contributed by atoms with van der Waals surface area (Å²) in [6.45, 7) is 6.90. The minimum Gasteiger partial charge on any atom is -0.135 e. The molecule has 0 amide bonds. The van der Waals surface area contributed by atoms with Crippen molar-refractivity contribution in [2.24, 2.45) is 5.41 Å². The van der Waals surface area contributed by atoms with Crippen LogP contribution in [0.25, 0.3) is 31.3 Å². The van der Waals surface area contributed by atoms with Crippen LogP contribution in [0.1, 0.15) is 26.3 Å². The second-order valence-corrected chi connectivity index (χ2v) is 8.80. The molecule has 24 heavy (non-hydrogen) atoms. The van der Waals surface area contributed by atoms with Gasteiger partial charge in [0.05, 0.1) is 0 Å². The fraction of sp³-hybridized carbons (Fsp3) is 0.217. The van der Waals surface area contributed by atoms with Crippen molar-refractivity contribution >= 4 is 31.5 Å². The van der Waals surface area contributed by atoms with Crippen LogP contribution < -0.4 is 0 Å². The van der Waals surface area contributed by atoms with Crippen LogP contribution in [0.15, 0.2) is 66.7 Å². The van der Waals surface area contributed by atoms with Crippen molar-refractivity contribution in [3.05, 3.63) is 72.3 Å². The van der Waals surface area contributed by atoms with Crippen LogP contribution in [0.4, 0.5) is 0 Å². The Balaban J connectivity index is 1.92. The SMILES string of the molecule is CC(C)(C)Cc1cccc(-c2cccc3sc4ccccc4c23)c1. The molecule has 0 aliphatic heterocycles. The average molecular weight is 330 g/mol. The van der Waals surface area contributed by atoms with Gasteiger partial charge in [0, 0.05) is 20.2 Å². The van der Waals surface area contributed by atoms with Crippen molar-refractivity contribution in [3.63, 3.8) is 0 Å². The minimum absolute atomic E-state index is 0.305. The molecule has 0 fully saturated rings. The molecule has 0 aliphatic carbocycles. The highest BCUT2D eigenvalue weighted by Crippen LogP contribution is 2.40. The molecule has 0 saturated carbocycles. The van der Waals surface area contributed by atoms with Crippen molar-refractivity contribution in [2.45, 2.75) is 27.2 Å². The van der Waals surface area contributed by atoms with Gasteiger partial charge in [0.25, 0.3) is 0 Å². The predicted octanol–water partition coefficient (Wildman–Crippen LogP) is 7.31. The molecule has 0 unspecified atom stereocenters. The van der Waals surface area contributed by atoms with Crippen LogP contribution in [0.3, 0.4) is 0 Å². The molecular formula is C23H22S. The Morgan fingerprint density at radius 3 is 2.38 bits per heavy atom. The Kier molecular flexibility index (Phi) is 3.69. The van der Waals surface area contributed by atoms with E-state index < -0.39 is 0 Å². The lowest BCUT2D eigenvalue weighted by Gasteiger charge is -2.18. The second-order valence-electron chi connectivity index (χ2n) is 7.71. The molecule has 0 atom stereocenters. The lowest BCUT2D eigenvalue weighted by atomic mass is 9.87. The number of thiophene rings is 1. The Labute approximate surface area is 147 Å². The monoisotopic (exact) mass is 330 g/mol. The summed E-state index contributed by atoms with van der Waals surface area (Å²) in [5, 5.41) is 2.76. The molecule has 3 aromatic carbocycles. The fourth-order valence-corrected chi connectivity index (χ4v) is 4.61. The van der Waals surface area contributed by atoms with Gasteiger partial charge in [-0.1, -0.05) is 75.4 Å². The van der Waals surface area contributed by atoms with E-state index in [0.717, 1.165) is 6.42 Å². The first-order valence-electron chi connectivity index (χ1n) is 8.51. The summed E-state index contributed by atoms with van der Waals surface area (Å²) in [6, 6.07) is 24.5. The topological polar surface area (TPSA) is 0 Å². The van der Waals surface area contributed by atoms with Crippen LogP contribution in [0, 0.1) is 5.41 Å². The third kappa shape index (κ3) is 2.85. The van der Waals surface area contributed by atoms with Gasteiger partial charge in [-0.3, -0.25) is 0 Å². The second kappa shape index (κ2) is 5.75. The molecule has 0 radical (unpaired) electrons. The van der Waals surface area contributed by atoms with E-state index >= 15 is 0 Å². The number of hydrogen-bond acceptors (Lipinski definition) is 1. The van der Waals surface area contributed by atoms with Gasteiger partial charge in [-0.05, 0) is 40.7 Å². The molecule has 0 nitrogen and oxygen atoms in total. The summed E-state index contributed by atoms with van der Waals surface area (Å²) in [4.78, 5) is 0. The highest BCUT2D eigenvalue weighted by molar-refractivity contribution is 7.25. The molecule has 4 aromatic rings. The quantitative estimate of drug-likeness (QED) is 0.361. The number of hydrogen-bond donors (Lipinski definition) is 0. The molecule has 0 bridgehead atoms. The maximum absolute atomic E-state index is 2.37. The van der Waals surface area contributed by atoms with Gasteiger partial charge >= 0.3 is 0 Å². The van der Waals surface area contributed by atoms with Crippen LogP contribution in [0.2, 0.25) is 0 Å². The van der Waals surface area contributed by atoms with Crippen LogP contribution in [-0.2, 0) is 6.42 Å². The fourth-order valence-electron chi connectivity index (χ4n) is 3.48. The minimum atomic E-state index is 0.305. The summed E-state index contributed by atoms with van der Waals surface area (Å²) in [5.41, 5.74) is 4.39. The van der Waals surface area contributed by atoms with Crippen LogP contribution in [0.5, 0.6) is 0 Å². The smallest absolute Gasteiger partial charge is 0.0361 e. The van der Waals surface area contributed by atoms with Gasteiger partial charge in [0.1, 0.15) is 0 Å². The summed E-state index contributed by atoms with van der Waals surface area (Å²) < 4.78 is 2.74. The van der Waals surface area contributed by atoms with E-state index in [1.165, 1.54) is 36.9 Å². The van der Waals surface area contributed by atoms with Gasteiger partial charge in [0.15, 0.2) is 0 Å². The third-order valence-electron chi connectivity index (χ3n) is 4.37. The van der Waals surface area contributed by atoms with E-state index in [1.54, 1.807) is 0 Å². The third-order valence-corrected chi connectivity index (χ3v) is 5.51. The first kappa shape index (κ1) is 15.4. The maximum atomic E-state index is 2.37. The largest absolute Gasteiger partial charge is 0.135 e. The Morgan fingerprint density at radius 2 is 1.54 bits per heavy atom. The Hall–Kier alpha value is -2.12. The molecule has 0 saturated heterocycles. The molecular weight excluding hydrogens is 308 g/mol. The maximum Gasteiger partial charge on any atom is 0.0361 e. The molecule has 120 valence electrons. The summed E-state index contributed by atoms with van der Waals surface area (Å²) >= 11 is 1.88. The number of rotatable bonds is 2. The van der Waals surface area contributed by atoms with Crippen molar-refractivity contribution < 1.29 is 0 Å². The zero-order valence-electron chi connectivity index (χ0n) is 14.5. The van der Waals surface area contributed by atoms with Crippen molar-refractivity contribution in [3.8, 4) is 11.1 Å². The summed E-state index contributed by atoms with van der Waals surface area (Å²) in [5.74, 6) is 0. The van der Waals surface area contributed by atoms with Gasteiger partial charge < -0.3 is 0 Å². The van der Waals surface area contributed by atoms with Gasteiger partial charge in [0.2, 0.25) is 0 Å². The molecule has 0 aliphatic rings. The zero-order chi connectivity index (χ0) is 16.7. The first-order chi connectivity index (χ1) is 11.5. The first-order valence-corrected chi connectivity index (χ1v) is 9.32. The zero-order valence-corrected chi connectivity index (χ0v) is 15.3. The Bertz CT molecular complexity index is 1020. The van der Waals surface area contributed by atoms with Crippen LogP contribution >= 0.6 is 11.3 Å². The summed E-state index contributed by atoms with van der Waals surface area (Å²) in [6.07, 6.45) is 1.10.